The maximum Gasteiger partial charge on any atom is 0.254 e. The average molecular weight is 290 g/mol. The molecule has 1 aromatic rings. The first-order valence-electron chi connectivity index (χ1n) is 7.89. The fourth-order valence-electron chi connectivity index (χ4n) is 2.68. The number of carbonyl (C=O) groups is 1. The lowest BCUT2D eigenvalue weighted by Crippen LogP contribution is -2.34. The topological polar surface area (TPSA) is 71.2 Å². The van der Waals surface area contributed by atoms with Crippen LogP contribution in [0.5, 0.6) is 0 Å². The van der Waals surface area contributed by atoms with Gasteiger partial charge in [0.25, 0.3) is 5.91 Å². The molecule has 2 heterocycles. The minimum Gasteiger partial charge on any atom is -0.339 e. The standard InChI is InChI=1S/C16H26N4O/c1-12(2)14-10-13(11-15(18-14)19-17)16(21)20-8-6-4-3-5-7-9-20/h10-12H,3-9,17H2,1-2H3,(H,18,19). The molecule has 0 bridgehead atoms. The van der Waals surface area contributed by atoms with E-state index >= 15 is 0 Å². The first-order chi connectivity index (χ1) is 10.1. The van der Waals surface area contributed by atoms with Gasteiger partial charge in [0.05, 0.1) is 0 Å². The number of aromatic nitrogens is 1. The van der Waals surface area contributed by atoms with Crippen molar-refractivity contribution in [3.63, 3.8) is 0 Å². The highest BCUT2D eigenvalue weighted by molar-refractivity contribution is 5.95. The lowest BCUT2D eigenvalue weighted by atomic mass is 10.0. The minimum absolute atomic E-state index is 0.0951. The Morgan fingerprint density at radius 1 is 1.19 bits per heavy atom. The zero-order valence-corrected chi connectivity index (χ0v) is 13.1. The molecule has 1 fully saturated rings. The highest BCUT2D eigenvalue weighted by Gasteiger charge is 2.18. The molecule has 0 aromatic carbocycles. The Labute approximate surface area is 126 Å². The molecular formula is C16H26N4O. The molecule has 5 nitrogen and oxygen atoms in total. The number of amides is 1. The van der Waals surface area contributed by atoms with E-state index in [1.165, 1.54) is 19.3 Å². The third-order valence-corrected chi connectivity index (χ3v) is 3.97. The Morgan fingerprint density at radius 2 is 1.81 bits per heavy atom. The van der Waals surface area contributed by atoms with Gasteiger partial charge in [0, 0.05) is 24.3 Å². The van der Waals surface area contributed by atoms with Crippen LogP contribution < -0.4 is 11.3 Å². The highest BCUT2D eigenvalue weighted by atomic mass is 16.2. The summed E-state index contributed by atoms with van der Waals surface area (Å²) in [7, 11) is 0. The summed E-state index contributed by atoms with van der Waals surface area (Å²) in [6, 6.07) is 3.64. The van der Waals surface area contributed by atoms with Crippen molar-refractivity contribution in [2.75, 3.05) is 18.5 Å². The van der Waals surface area contributed by atoms with E-state index in [1.54, 1.807) is 6.07 Å². The molecule has 5 heteroatoms. The van der Waals surface area contributed by atoms with E-state index in [4.69, 9.17) is 5.84 Å². The molecule has 1 amide bonds. The third-order valence-electron chi connectivity index (χ3n) is 3.97. The summed E-state index contributed by atoms with van der Waals surface area (Å²) < 4.78 is 0. The number of hydrazine groups is 1. The van der Waals surface area contributed by atoms with E-state index in [0.29, 0.717) is 11.4 Å². The Kier molecular flexibility index (Phi) is 5.56. The van der Waals surface area contributed by atoms with Crippen molar-refractivity contribution in [1.82, 2.24) is 9.88 Å². The van der Waals surface area contributed by atoms with Crippen molar-refractivity contribution < 1.29 is 4.79 Å². The summed E-state index contributed by atoms with van der Waals surface area (Å²) in [5, 5.41) is 0. The van der Waals surface area contributed by atoms with E-state index in [1.807, 2.05) is 11.0 Å². The first-order valence-corrected chi connectivity index (χ1v) is 7.89. The molecule has 0 atom stereocenters. The molecule has 1 aliphatic heterocycles. The number of nitrogen functional groups attached to an aromatic ring is 1. The van der Waals surface area contributed by atoms with Gasteiger partial charge in [-0.2, -0.15) is 0 Å². The summed E-state index contributed by atoms with van der Waals surface area (Å²) in [6.07, 6.45) is 5.90. The summed E-state index contributed by atoms with van der Waals surface area (Å²) >= 11 is 0. The molecule has 0 saturated carbocycles. The van der Waals surface area contributed by atoms with Crippen LogP contribution in [0.4, 0.5) is 5.82 Å². The number of rotatable bonds is 3. The van der Waals surface area contributed by atoms with E-state index in [0.717, 1.165) is 31.6 Å². The van der Waals surface area contributed by atoms with Crippen molar-refractivity contribution >= 4 is 11.7 Å². The van der Waals surface area contributed by atoms with Crippen LogP contribution in [0.2, 0.25) is 0 Å². The number of nitrogens with one attached hydrogen (secondary N) is 1. The third kappa shape index (κ3) is 4.17. The van der Waals surface area contributed by atoms with Gasteiger partial charge in [0.2, 0.25) is 0 Å². The summed E-state index contributed by atoms with van der Waals surface area (Å²) in [6.45, 7) is 5.83. The second kappa shape index (κ2) is 7.41. The van der Waals surface area contributed by atoms with Gasteiger partial charge in [-0.3, -0.25) is 4.79 Å². The van der Waals surface area contributed by atoms with Crippen LogP contribution in [0.1, 0.15) is 67.9 Å². The van der Waals surface area contributed by atoms with Gasteiger partial charge in [0.15, 0.2) is 0 Å². The maximum atomic E-state index is 12.7. The molecule has 1 aliphatic rings. The zero-order valence-electron chi connectivity index (χ0n) is 13.1. The predicted octanol–water partition coefficient (Wildman–Crippen LogP) is 2.90. The highest BCUT2D eigenvalue weighted by Crippen LogP contribution is 2.20. The van der Waals surface area contributed by atoms with Gasteiger partial charge in [-0.15, -0.1) is 0 Å². The predicted molar refractivity (Wildman–Crippen MR) is 85.1 cm³/mol. The zero-order chi connectivity index (χ0) is 15.2. The Bertz CT molecular complexity index is 479. The molecule has 0 unspecified atom stereocenters. The lowest BCUT2D eigenvalue weighted by molar-refractivity contribution is 0.0742. The fourth-order valence-corrected chi connectivity index (χ4v) is 2.68. The molecule has 1 saturated heterocycles. The van der Waals surface area contributed by atoms with Crippen LogP contribution in [0, 0.1) is 0 Å². The number of nitrogens with zero attached hydrogens (tertiary/aromatic N) is 2. The Hall–Kier alpha value is -1.62. The van der Waals surface area contributed by atoms with Crippen LogP contribution in [0.25, 0.3) is 0 Å². The van der Waals surface area contributed by atoms with Crippen LogP contribution in [-0.4, -0.2) is 28.9 Å². The Morgan fingerprint density at radius 3 is 2.38 bits per heavy atom. The van der Waals surface area contributed by atoms with Crippen molar-refractivity contribution in [3.05, 3.63) is 23.4 Å². The van der Waals surface area contributed by atoms with Crippen molar-refractivity contribution in [2.24, 2.45) is 5.84 Å². The monoisotopic (exact) mass is 290 g/mol. The average Bonchev–Trinajstić information content (AvgIpc) is 2.45. The molecule has 3 N–H and O–H groups in total. The van der Waals surface area contributed by atoms with Gasteiger partial charge < -0.3 is 10.3 Å². The van der Waals surface area contributed by atoms with Crippen LogP contribution >= 0.6 is 0 Å². The van der Waals surface area contributed by atoms with E-state index in [-0.39, 0.29) is 11.8 Å². The molecule has 0 spiro atoms. The number of nitrogens with two attached hydrogens (primary N) is 1. The first kappa shape index (κ1) is 15.8. The van der Waals surface area contributed by atoms with Gasteiger partial charge >= 0.3 is 0 Å². The van der Waals surface area contributed by atoms with Gasteiger partial charge in [-0.25, -0.2) is 10.8 Å². The SMILES string of the molecule is CC(C)c1cc(C(=O)N2CCCCCCC2)cc(NN)n1. The fraction of sp³-hybridized carbons (Fsp3) is 0.625. The molecule has 1 aromatic heterocycles. The molecule has 116 valence electrons. The molecule has 0 aliphatic carbocycles. The van der Waals surface area contributed by atoms with Crippen LogP contribution in [-0.2, 0) is 0 Å². The van der Waals surface area contributed by atoms with Crippen molar-refractivity contribution in [1.29, 1.82) is 0 Å². The summed E-state index contributed by atoms with van der Waals surface area (Å²) in [5.41, 5.74) is 4.13. The van der Waals surface area contributed by atoms with Crippen molar-refractivity contribution in [3.8, 4) is 0 Å². The number of anilines is 1. The number of pyridine rings is 1. The molecule has 2 rings (SSSR count). The minimum atomic E-state index is 0.0951. The maximum absolute atomic E-state index is 12.7. The van der Waals surface area contributed by atoms with Crippen LogP contribution in [0.3, 0.4) is 0 Å². The van der Waals surface area contributed by atoms with E-state index in [2.05, 4.69) is 24.3 Å². The van der Waals surface area contributed by atoms with Gasteiger partial charge in [0.1, 0.15) is 5.82 Å². The van der Waals surface area contributed by atoms with E-state index < -0.39 is 0 Å². The largest absolute Gasteiger partial charge is 0.339 e. The Balaban J connectivity index is 2.22. The van der Waals surface area contributed by atoms with Crippen LogP contribution in [0.15, 0.2) is 12.1 Å². The summed E-state index contributed by atoms with van der Waals surface area (Å²) in [5.74, 6) is 6.38. The van der Waals surface area contributed by atoms with E-state index in [9.17, 15) is 4.79 Å². The van der Waals surface area contributed by atoms with Crippen molar-refractivity contribution in [2.45, 2.75) is 51.9 Å². The van der Waals surface area contributed by atoms with Gasteiger partial charge in [-0.05, 0) is 30.9 Å². The van der Waals surface area contributed by atoms with Gasteiger partial charge in [-0.1, -0.05) is 33.1 Å². The summed E-state index contributed by atoms with van der Waals surface area (Å²) in [4.78, 5) is 19.1. The second-order valence-electron chi connectivity index (χ2n) is 6.02. The second-order valence-corrected chi connectivity index (χ2v) is 6.02. The number of hydrogen-bond acceptors (Lipinski definition) is 4. The normalized spacial score (nSPS) is 16.5. The number of likely N-dealkylation sites (tertiary alicyclic amines) is 1. The number of carbonyl (C=O) groups excluding carboxylic acids is 1. The number of hydrogen-bond donors (Lipinski definition) is 2. The quantitative estimate of drug-likeness (QED) is 0.663. The molecular weight excluding hydrogens is 264 g/mol. The smallest absolute Gasteiger partial charge is 0.254 e. The molecule has 0 radical (unpaired) electrons. The lowest BCUT2D eigenvalue weighted by Gasteiger charge is -2.25. The molecule has 21 heavy (non-hydrogen) atoms.